The van der Waals surface area contributed by atoms with Crippen LogP contribution >= 0.6 is 7.60 Å². The first-order valence-electron chi connectivity index (χ1n) is 12.2. The van der Waals surface area contributed by atoms with Crippen LogP contribution in [0.3, 0.4) is 0 Å². The minimum absolute atomic E-state index is 0.00397. The third-order valence-electron chi connectivity index (χ3n) is 5.94. The van der Waals surface area contributed by atoms with Crippen LogP contribution < -0.4 is 10.6 Å². The number of amides is 3. The van der Waals surface area contributed by atoms with Crippen molar-refractivity contribution in [2.24, 2.45) is 5.92 Å². The van der Waals surface area contributed by atoms with Crippen LogP contribution in [0.5, 0.6) is 0 Å². The van der Waals surface area contributed by atoms with E-state index >= 15 is 0 Å². The van der Waals surface area contributed by atoms with E-state index in [9.17, 15) is 33.9 Å². The van der Waals surface area contributed by atoms with E-state index in [1.165, 1.54) is 6.07 Å². The largest absolute Gasteiger partial charge is 0.451 e. The van der Waals surface area contributed by atoms with E-state index in [0.717, 1.165) is 24.8 Å². The molecule has 3 amide bonds. The minimum Gasteiger partial charge on any atom is -0.451 e. The van der Waals surface area contributed by atoms with Crippen molar-refractivity contribution in [2.75, 3.05) is 6.67 Å². The van der Waals surface area contributed by atoms with Crippen molar-refractivity contribution in [3.63, 3.8) is 0 Å². The summed E-state index contributed by atoms with van der Waals surface area (Å²) in [7, 11) is -4.24. The molecule has 11 nitrogen and oxygen atoms in total. The highest BCUT2D eigenvalue weighted by atomic mass is 31.2. The van der Waals surface area contributed by atoms with Gasteiger partial charge in [-0.05, 0) is 49.6 Å². The first kappa shape index (κ1) is 30.2. The molecule has 0 saturated carbocycles. The molecule has 204 valence electrons. The lowest BCUT2D eigenvalue weighted by Crippen LogP contribution is -2.47. The Balaban J connectivity index is 2.03. The van der Waals surface area contributed by atoms with Crippen molar-refractivity contribution in [2.45, 2.75) is 65.1 Å². The molecule has 37 heavy (non-hydrogen) atoms. The summed E-state index contributed by atoms with van der Waals surface area (Å²) in [4.78, 5) is 55.0. The van der Waals surface area contributed by atoms with Crippen LogP contribution in [0.4, 0.5) is 0 Å². The van der Waals surface area contributed by atoms with Gasteiger partial charge in [0.15, 0.2) is 5.76 Å². The monoisotopic (exact) mass is 537 g/mol. The molecule has 0 fully saturated rings. The number of aryl methyl sites for hydroxylation is 1. The number of nitrogens with zero attached hydrogens (tertiary/aromatic N) is 1. The van der Waals surface area contributed by atoms with Gasteiger partial charge in [0.25, 0.3) is 5.91 Å². The summed E-state index contributed by atoms with van der Waals surface area (Å²) in [5.74, 6) is -1.25. The second kappa shape index (κ2) is 14.1. The first-order valence-corrected chi connectivity index (χ1v) is 14.0. The molecular weight excluding hydrogens is 501 g/mol. The number of hydrogen-bond acceptors (Lipinski definition) is 6. The van der Waals surface area contributed by atoms with E-state index in [4.69, 9.17) is 4.42 Å². The molecular formula is C25H36N3O8P. The summed E-state index contributed by atoms with van der Waals surface area (Å²) in [6.45, 7) is 5.41. The number of carbonyl (C=O) groups is 3. The topological polar surface area (TPSA) is 169 Å². The quantitative estimate of drug-likeness (QED) is 0.0573. The maximum absolute atomic E-state index is 12.8. The van der Waals surface area contributed by atoms with E-state index in [0.29, 0.717) is 34.8 Å². The van der Waals surface area contributed by atoms with Crippen LogP contribution in [0, 0.1) is 12.8 Å². The third kappa shape index (κ3) is 9.44. The molecule has 0 unspecified atom stereocenters. The maximum atomic E-state index is 12.8. The van der Waals surface area contributed by atoms with Gasteiger partial charge in [0.2, 0.25) is 12.3 Å². The van der Waals surface area contributed by atoms with E-state index in [1.54, 1.807) is 38.1 Å². The van der Waals surface area contributed by atoms with Crippen LogP contribution in [0.15, 0.2) is 34.7 Å². The van der Waals surface area contributed by atoms with Gasteiger partial charge in [-0.25, -0.2) is 5.06 Å². The highest BCUT2D eigenvalue weighted by molar-refractivity contribution is 7.50. The number of hydrogen-bond donors (Lipinski definition) is 5. The third-order valence-corrected chi connectivity index (χ3v) is 6.71. The van der Waals surface area contributed by atoms with Gasteiger partial charge in [-0.3, -0.25) is 24.2 Å². The summed E-state index contributed by atoms with van der Waals surface area (Å²) >= 11 is 0. The number of benzene rings is 1. The van der Waals surface area contributed by atoms with E-state index < -0.39 is 31.6 Å². The molecule has 0 aliphatic rings. The fourth-order valence-corrected chi connectivity index (χ4v) is 4.88. The summed E-state index contributed by atoms with van der Waals surface area (Å²) in [6.07, 6.45) is 3.37. The molecule has 1 heterocycles. The number of carbonyl (C=O) groups excluding carboxylic acids is 3. The fraction of sp³-hybridized carbons (Fsp3) is 0.480. The molecule has 0 aliphatic carbocycles. The zero-order valence-electron chi connectivity index (χ0n) is 21.3. The number of unbranched alkanes of at least 4 members (excludes halogenated alkanes) is 2. The number of rotatable bonds is 15. The van der Waals surface area contributed by atoms with Crippen molar-refractivity contribution < 1.29 is 38.4 Å². The normalized spacial score (nSPS) is 13.0. The Morgan fingerprint density at radius 3 is 2.49 bits per heavy atom. The number of hydroxylamine groups is 2. The average Bonchev–Trinajstić information content (AvgIpc) is 3.32. The molecule has 0 spiro atoms. The molecule has 0 radical (unpaired) electrons. The van der Waals surface area contributed by atoms with Crippen LogP contribution in [0.1, 0.15) is 67.6 Å². The van der Waals surface area contributed by atoms with Crippen LogP contribution in [-0.2, 0) is 20.3 Å². The lowest BCUT2D eigenvalue weighted by atomic mass is 9.90. The summed E-state index contributed by atoms with van der Waals surface area (Å²) in [5, 5.41) is 15.6. The molecule has 2 rings (SSSR count). The Labute approximate surface area is 216 Å². The lowest BCUT2D eigenvalue weighted by Gasteiger charge is -2.29. The maximum Gasteiger partial charge on any atom is 0.329 e. The molecule has 0 saturated heterocycles. The first-order chi connectivity index (χ1) is 17.5. The predicted molar refractivity (Wildman–Crippen MR) is 137 cm³/mol. The molecule has 1 aromatic carbocycles. The average molecular weight is 538 g/mol. The van der Waals surface area contributed by atoms with Crippen LogP contribution in [0.2, 0.25) is 0 Å². The Hall–Kier alpha value is -2.98. The number of nitrogens with one attached hydrogen (secondary N) is 2. The van der Waals surface area contributed by atoms with E-state index in [1.807, 2.05) is 6.92 Å². The Kier molecular flexibility index (Phi) is 11.5. The second-order valence-corrected chi connectivity index (χ2v) is 10.6. The summed E-state index contributed by atoms with van der Waals surface area (Å²) in [5.41, 5.74) is 1.80. The molecule has 2 aromatic rings. The molecule has 5 N–H and O–H groups in total. The summed E-state index contributed by atoms with van der Waals surface area (Å²) < 4.78 is 17.0. The van der Waals surface area contributed by atoms with Crippen molar-refractivity contribution in [1.29, 1.82) is 0 Å². The van der Waals surface area contributed by atoms with Crippen LogP contribution in [-0.4, -0.2) is 51.0 Å². The Morgan fingerprint density at radius 2 is 1.86 bits per heavy atom. The van der Waals surface area contributed by atoms with Crippen molar-refractivity contribution in [3.8, 4) is 11.3 Å². The summed E-state index contributed by atoms with van der Waals surface area (Å²) in [6, 6.07) is 7.41. The molecule has 1 aromatic heterocycles. The van der Waals surface area contributed by atoms with Crippen molar-refractivity contribution in [3.05, 3.63) is 47.2 Å². The van der Waals surface area contributed by atoms with Gasteiger partial charge in [0.1, 0.15) is 5.76 Å². The van der Waals surface area contributed by atoms with Crippen molar-refractivity contribution in [1.82, 2.24) is 15.7 Å². The van der Waals surface area contributed by atoms with E-state index in [2.05, 4.69) is 10.6 Å². The molecule has 2 atom stereocenters. The molecule has 0 aliphatic heterocycles. The second-order valence-electron chi connectivity index (χ2n) is 8.98. The fourth-order valence-electron chi connectivity index (χ4n) is 4.23. The van der Waals surface area contributed by atoms with Gasteiger partial charge in [-0.1, -0.05) is 44.7 Å². The van der Waals surface area contributed by atoms with Gasteiger partial charge in [-0.2, -0.15) is 0 Å². The van der Waals surface area contributed by atoms with Gasteiger partial charge in [0, 0.05) is 5.56 Å². The standard InChI is InChI=1S/C25H36N3O8P/c1-4-6-7-8-20(21(5-2)28(32)16-29)24(30)26-15-27-25(31)23-10-9-22(36-23)19-12-17(3)11-18(13-19)14-37(33,34)35/h9-13,16,20-21,32H,4-8,14-15H2,1-3H3,(H,26,30)(H,27,31)(H2,33,34,35)/t20-,21-/m1/s1. The Bertz CT molecular complexity index is 1110. The highest BCUT2D eigenvalue weighted by Crippen LogP contribution is 2.40. The van der Waals surface area contributed by atoms with E-state index in [-0.39, 0.29) is 24.7 Å². The van der Waals surface area contributed by atoms with Gasteiger partial charge < -0.3 is 24.8 Å². The lowest BCUT2D eigenvalue weighted by molar-refractivity contribution is -0.168. The zero-order chi connectivity index (χ0) is 27.6. The van der Waals surface area contributed by atoms with Gasteiger partial charge >= 0.3 is 7.60 Å². The zero-order valence-corrected chi connectivity index (χ0v) is 22.2. The smallest absolute Gasteiger partial charge is 0.329 e. The van der Waals surface area contributed by atoms with Gasteiger partial charge in [0.05, 0.1) is 24.8 Å². The highest BCUT2D eigenvalue weighted by Gasteiger charge is 2.30. The number of furan rings is 1. The minimum atomic E-state index is -4.24. The molecule has 12 heteroatoms. The SMILES string of the molecule is CCCCC[C@@H](C(=O)NCNC(=O)c1ccc(-c2cc(C)cc(CP(=O)(O)O)c2)o1)[C@@H](CC)N(O)C=O. The van der Waals surface area contributed by atoms with Crippen LogP contribution in [0.25, 0.3) is 11.3 Å². The Morgan fingerprint density at radius 1 is 1.14 bits per heavy atom. The molecule has 0 bridgehead atoms. The van der Waals surface area contributed by atoms with Gasteiger partial charge in [-0.15, -0.1) is 0 Å². The predicted octanol–water partition coefficient (Wildman–Crippen LogP) is 3.56. The van der Waals surface area contributed by atoms with Crippen molar-refractivity contribution >= 4 is 25.8 Å².